The zero-order valence-electron chi connectivity index (χ0n) is 18.6. The van der Waals surface area contributed by atoms with E-state index in [9.17, 15) is 14.4 Å². The number of esters is 1. The summed E-state index contributed by atoms with van der Waals surface area (Å²) in [6.07, 6.45) is -1.20. The molecule has 0 fully saturated rings. The lowest BCUT2D eigenvalue weighted by Crippen LogP contribution is -2.26. The SMILES string of the molecule is Cc1ccc(C(=O)CCC(=O)OC(C(=O)Nc2cc(C)ccc2C)c2ccccc2)cc1. The maximum absolute atomic E-state index is 13.0. The van der Waals surface area contributed by atoms with Crippen molar-refractivity contribution in [1.82, 2.24) is 0 Å². The number of nitrogens with one attached hydrogen (secondary N) is 1. The molecule has 5 nitrogen and oxygen atoms in total. The van der Waals surface area contributed by atoms with Gasteiger partial charge in [-0.2, -0.15) is 0 Å². The number of aryl methyl sites for hydroxylation is 3. The van der Waals surface area contributed by atoms with Crippen LogP contribution in [0.3, 0.4) is 0 Å². The van der Waals surface area contributed by atoms with Crippen molar-refractivity contribution in [2.45, 2.75) is 39.7 Å². The van der Waals surface area contributed by atoms with Crippen molar-refractivity contribution in [3.05, 3.63) is 101 Å². The van der Waals surface area contributed by atoms with Crippen LogP contribution in [0.15, 0.2) is 72.8 Å². The molecule has 0 aliphatic rings. The average Bonchev–Trinajstić information content (AvgIpc) is 2.79. The maximum atomic E-state index is 13.0. The standard InChI is InChI=1S/C27H27NO4/c1-18-10-13-21(14-11-18)24(29)15-16-25(30)32-26(22-7-5-4-6-8-22)27(31)28-23-17-19(2)9-12-20(23)3/h4-14,17,26H,15-16H2,1-3H3,(H,28,31). The van der Waals surface area contributed by atoms with E-state index in [1.54, 1.807) is 36.4 Å². The summed E-state index contributed by atoms with van der Waals surface area (Å²) in [4.78, 5) is 38.0. The fourth-order valence-corrected chi connectivity index (χ4v) is 3.26. The number of carbonyl (C=O) groups is 3. The Morgan fingerprint density at radius 1 is 0.812 bits per heavy atom. The zero-order chi connectivity index (χ0) is 23.1. The molecule has 0 aromatic heterocycles. The van der Waals surface area contributed by atoms with E-state index in [0.717, 1.165) is 16.7 Å². The molecule has 0 aliphatic carbocycles. The Kier molecular flexibility index (Phi) is 7.55. The number of benzene rings is 3. The quantitative estimate of drug-likeness (QED) is 0.379. The Bertz CT molecular complexity index is 1100. The van der Waals surface area contributed by atoms with Crippen molar-refractivity contribution in [3.63, 3.8) is 0 Å². The predicted molar refractivity (Wildman–Crippen MR) is 125 cm³/mol. The van der Waals surface area contributed by atoms with Crippen molar-refractivity contribution in [3.8, 4) is 0 Å². The number of Topliss-reactive ketones (excluding diaryl/α,β-unsaturated/α-hetero) is 1. The first kappa shape index (κ1) is 22.9. The van der Waals surface area contributed by atoms with Crippen LogP contribution in [0.25, 0.3) is 0 Å². The summed E-state index contributed by atoms with van der Waals surface area (Å²) in [5.41, 5.74) is 4.76. The van der Waals surface area contributed by atoms with Gasteiger partial charge in [-0.25, -0.2) is 0 Å². The number of hydrogen-bond acceptors (Lipinski definition) is 4. The van der Waals surface area contributed by atoms with Crippen LogP contribution in [0.2, 0.25) is 0 Å². The molecule has 164 valence electrons. The molecule has 0 radical (unpaired) electrons. The number of amides is 1. The number of ketones is 1. The zero-order valence-corrected chi connectivity index (χ0v) is 18.6. The molecule has 0 aliphatic heterocycles. The molecule has 1 N–H and O–H groups in total. The molecule has 5 heteroatoms. The van der Waals surface area contributed by atoms with E-state index < -0.39 is 18.0 Å². The van der Waals surface area contributed by atoms with Gasteiger partial charge in [0.15, 0.2) is 5.78 Å². The molecule has 0 saturated carbocycles. The summed E-state index contributed by atoms with van der Waals surface area (Å²) in [6.45, 7) is 5.78. The van der Waals surface area contributed by atoms with Crippen LogP contribution in [-0.2, 0) is 14.3 Å². The van der Waals surface area contributed by atoms with E-state index in [0.29, 0.717) is 16.8 Å². The Morgan fingerprint density at radius 2 is 1.47 bits per heavy atom. The minimum absolute atomic E-state index is 0.0159. The summed E-state index contributed by atoms with van der Waals surface area (Å²) in [5.74, 6) is -1.18. The summed E-state index contributed by atoms with van der Waals surface area (Å²) in [7, 11) is 0. The monoisotopic (exact) mass is 429 g/mol. The van der Waals surface area contributed by atoms with Crippen LogP contribution in [0.5, 0.6) is 0 Å². The molecule has 1 unspecified atom stereocenters. The highest BCUT2D eigenvalue weighted by atomic mass is 16.5. The summed E-state index contributed by atoms with van der Waals surface area (Å²) in [5, 5.41) is 2.87. The first-order valence-corrected chi connectivity index (χ1v) is 10.6. The Labute approximate surface area is 188 Å². The molecule has 3 rings (SSSR count). The molecular formula is C27H27NO4. The van der Waals surface area contributed by atoms with E-state index in [4.69, 9.17) is 4.74 Å². The third kappa shape index (κ3) is 6.14. The smallest absolute Gasteiger partial charge is 0.307 e. The minimum Gasteiger partial charge on any atom is -0.447 e. The van der Waals surface area contributed by atoms with Gasteiger partial charge < -0.3 is 10.1 Å². The normalized spacial score (nSPS) is 11.5. The van der Waals surface area contributed by atoms with Gasteiger partial charge in [-0.3, -0.25) is 14.4 Å². The van der Waals surface area contributed by atoms with E-state index in [2.05, 4.69) is 5.32 Å². The van der Waals surface area contributed by atoms with E-state index in [1.807, 2.05) is 57.2 Å². The first-order valence-electron chi connectivity index (χ1n) is 10.6. The van der Waals surface area contributed by atoms with Crippen molar-refractivity contribution in [2.75, 3.05) is 5.32 Å². The fraction of sp³-hybridized carbons (Fsp3) is 0.222. The highest BCUT2D eigenvalue weighted by molar-refractivity contribution is 5.99. The first-order chi connectivity index (χ1) is 15.3. The topological polar surface area (TPSA) is 72.5 Å². The molecule has 0 bridgehead atoms. The average molecular weight is 430 g/mol. The number of hydrogen-bond donors (Lipinski definition) is 1. The predicted octanol–water partition coefficient (Wildman–Crippen LogP) is 5.50. The van der Waals surface area contributed by atoms with Gasteiger partial charge in [0.25, 0.3) is 5.91 Å². The lowest BCUT2D eigenvalue weighted by Gasteiger charge is -2.19. The second kappa shape index (κ2) is 10.5. The number of carbonyl (C=O) groups excluding carboxylic acids is 3. The van der Waals surface area contributed by atoms with Crippen LogP contribution in [0.1, 0.15) is 51.6 Å². The number of anilines is 1. The molecule has 32 heavy (non-hydrogen) atoms. The Morgan fingerprint density at radius 3 is 2.16 bits per heavy atom. The van der Waals surface area contributed by atoms with Crippen molar-refractivity contribution < 1.29 is 19.1 Å². The second-order valence-corrected chi connectivity index (χ2v) is 7.88. The van der Waals surface area contributed by atoms with Gasteiger partial charge in [0.1, 0.15) is 0 Å². The second-order valence-electron chi connectivity index (χ2n) is 7.88. The van der Waals surface area contributed by atoms with Gasteiger partial charge in [0.2, 0.25) is 6.10 Å². The van der Waals surface area contributed by atoms with Crippen LogP contribution in [0.4, 0.5) is 5.69 Å². The van der Waals surface area contributed by atoms with Crippen LogP contribution < -0.4 is 5.32 Å². The van der Waals surface area contributed by atoms with Crippen molar-refractivity contribution >= 4 is 23.3 Å². The molecule has 0 heterocycles. The maximum Gasteiger partial charge on any atom is 0.307 e. The Hall–Kier alpha value is -3.73. The van der Waals surface area contributed by atoms with Gasteiger partial charge in [-0.05, 0) is 38.0 Å². The van der Waals surface area contributed by atoms with E-state index in [1.165, 1.54) is 0 Å². The molecule has 1 atom stereocenters. The van der Waals surface area contributed by atoms with E-state index >= 15 is 0 Å². The van der Waals surface area contributed by atoms with E-state index in [-0.39, 0.29) is 18.6 Å². The van der Waals surface area contributed by atoms with Crippen molar-refractivity contribution in [1.29, 1.82) is 0 Å². The number of rotatable bonds is 8. The third-order valence-electron chi connectivity index (χ3n) is 5.17. The molecule has 0 saturated heterocycles. The lowest BCUT2D eigenvalue weighted by molar-refractivity contribution is -0.154. The molecular weight excluding hydrogens is 402 g/mol. The third-order valence-corrected chi connectivity index (χ3v) is 5.17. The van der Waals surface area contributed by atoms with Gasteiger partial charge in [0, 0.05) is 23.2 Å². The minimum atomic E-state index is -1.11. The molecule has 3 aromatic carbocycles. The molecule has 1 amide bonds. The van der Waals surface area contributed by atoms with Crippen LogP contribution in [-0.4, -0.2) is 17.7 Å². The summed E-state index contributed by atoms with van der Waals surface area (Å²) < 4.78 is 5.54. The lowest BCUT2D eigenvalue weighted by atomic mass is 10.0. The molecule has 3 aromatic rings. The highest BCUT2D eigenvalue weighted by Gasteiger charge is 2.26. The van der Waals surface area contributed by atoms with Gasteiger partial charge >= 0.3 is 5.97 Å². The van der Waals surface area contributed by atoms with Crippen LogP contribution >= 0.6 is 0 Å². The summed E-state index contributed by atoms with van der Waals surface area (Å²) >= 11 is 0. The molecule has 0 spiro atoms. The van der Waals surface area contributed by atoms with Gasteiger partial charge in [-0.1, -0.05) is 72.3 Å². The largest absolute Gasteiger partial charge is 0.447 e. The Balaban J connectivity index is 1.69. The van der Waals surface area contributed by atoms with Gasteiger partial charge in [-0.15, -0.1) is 0 Å². The fourth-order valence-electron chi connectivity index (χ4n) is 3.26. The number of ether oxygens (including phenoxy) is 1. The van der Waals surface area contributed by atoms with Crippen LogP contribution in [0, 0.1) is 20.8 Å². The van der Waals surface area contributed by atoms with Crippen molar-refractivity contribution in [2.24, 2.45) is 0 Å². The highest BCUT2D eigenvalue weighted by Crippen LogP contribution is 2.23. The van der Waals surface area contributed by atoms with Gasteiger partial charge in [0.05, 0.1) is 6.42 Å². The summed E-state index contributed by atoms with van der Waals surface area (Å²) in [6, 6.07) is 21.8.